The summed E-state index contributed by atoms with van der Waals surface area (Å²) >= 11 is 1.13. The van der Waals surface area contributed by atoms with Crippen molar-refractivity contribution in [2.24, 2.45) is 7.05 Å². The van der Waals surface area contributed by atoms with E-state index in [1.165, 1.54) is 18.2 Å². The second-order valence-corrected chi connectivity index (χ2v) is 8.93. The largest absolute Gasteiger partial charge is 0.306 e. The van der Waals surface area contributed by atoms with Gasteiger partial charge in [-0.3, -0.25) is 14.6 Å². The predicted molar refractivity (Wildman–Crippen MR) is 107 cm³/mol. The number of hydrogen-bond donors (Lipinski definition) is 3. The molecule has 0 atom stereocenters. The van der Waals surface area contributed by atoms with Crippen LogP contribution < -0.4 is 10.0 Å². The highest BCUT2D eigenvalue weighted by molar-refractivity contribution is 7.94. The van der Waals surface area contributed by atoms with Crippen LogP contribution in [0, 0.1) is 6.92 Å². The number of rotatable bonds is 5. The molecule has 0 saturated heterocycles. The van der Waals surface area contributed by atoms with Crippen molar-refractivity contribution in [3.05, 3.63) is 53.0 Å². The SMILES string of the molecule is Cc1nn(C)c2n[nH]c(NC(=O)c3ccc(NS(=O)(=O)c4cccs4)cc3)c12. The lowest BCUT2D eigenvalue weighted by molar-refractivity contribution is 0.102. The third kappa shape index (κ3) is 3.25. The van der Waals surface area contributed by atoms with Gasteiger partial charge in [0, 0.05) is 18.3 Å². The summed E-state index contributed by atoms with van der Waals surface area (Å²) in [5, 5.41) is 16.4. The Morgan fingerprint density at radius 2 is 1.96 bits per heavy atom. The fourth-order valence-corrected chi connectivity index (χ4v) is 4.87. The molecular weight excluding hydrogens is 400 g/mol. The number of H-pyrrole nitrogens is 1. The van der Waals surface area contributed by atoms with Gasteiger partial charge in [0.05, 0.1) is 11.1 Å². The summed E-state index contributed by atoms with van der Waals surface area (Å²) in [4.78, 5) is 12.5. The van der Waals surface area contributed by atoms with Gasteiger partial charge in [-0.05, 0) is 42.6 Å². The first-order valence-corrected chi connectivity index (χ1v) is 10.6. The lowest BCUT2D eigenvalue weighted by Gasteiger charge is -2.07. The van der Waals surface area contributed by atoms with Gasteiger partial charge < -0.3 is 5.32 Å². The summed E-state index contributed by atoms with van der Waals surface area (Å²) in [7, 11) is -1.85. The topological polar surface area (TPSA) is 122 Å². The van der Waals surface area contributed by atoms with E-state index in [1.807, 2.05) is 6.92 Å². The molecule has 0 aliphatic rings. The maximum Gasteiger partial charge on any atom is 0.271 e. The number of nitrogens with zero attached hydrogens (tertiary/aromatic N) is 3. The summed E-state index contributed by atoms with van der Waals surface area (Å²) in [5.74, 6) is 0.120. The number of benzene rings is 1. The molecule has 0 fully saturated rings. The predicted octanol–water partition coefficient (Wildman–Crippen LogP) is 2.72. The van der Waals surface area contributed by atoms with Gasteiger partial charge in [-0.2, -0.15) is 10.2 Å². The first-order chi connectivity index (χ1) is 13.3. The summed E-state index contributed by atoms with van der Waals surface area (Å²) in [6.45, 7) is 1.84. The van der Waals surface area contributed by atoms with Crippen molar-refractivity contribution in [2.75, 3.05) is 10.0 Å². The van der Waals surface area contributed by atoms with Gasteiger partial charge >= 0.3 is 0 Å². The second kappa shape index (κ2) is 6.77. The quantitative estimate of drug-likeness (QED) is 0.462. The van der Waals surface area contributed by atoms with E-state index in [-0.39, 0.29) is 10.1 Å². The minimum absolute atomic E-state index is 0.226. The Morgan fingerprint density at radius 1 is 1.21 bits per heavy atom. The van der Waals surface area contributed by atoms with Gasteiger partial charge in [0.25, 0.3) is 15.9 Å². The van der Waals surface area contributed by atoms with Crippen LogP contribution in [-0.4, -0.2) is 34.3 Å². The number of fused-ring (bicyclic) bond motifs is 1. The average Bonchev–Trinajstić information content (AvgIpc) is 3.37. The van der Waals surface area contributed by atoms with Gasteiger partial charge in [0.15, 0.2) is 5.65 Å². The van der Waals surface area contributed by atoms with Crippen molar-refractivity contribution < 1.29 is 13.2 Å². The van der Waals surface area contributed by atoms with Gasteiger partial charge in [0.2, 0.25) is 0 Å². The van der Waals surface area contributed by atoms with Crippen LogP contribution in [0.3, 0.4) is 0 Å². The highest BCUT2D eigenvalue weighted by Gasteiger charge is 2.17. The van der Waals surface area contributed by atoms with Crippen molar-refractivity contribution in [3.63, 3.8) is 0 Å². The Labute approximate surface area is 164 Å². The van der Waals surface area contributed by atoms with Crippen molar-refractivity contribution >= 4 is 49.8 Å². The highest BCUT2D eigenvalue weighted by Crippen LogP contribution is 2.24. The molecule has 11 heteroatoms. The molecule has 3 heterocycles. The van der Waals surface area contributed by atoms with Crippen molar-refractivity contribution in [1.29, 1.82) is 0 Å². The number of nitrogens with one attached hydrogen (secondary N) is 3. The zero-order valence-corrected chi connectivity index (χ0v) is 16.6. The van der Waals surface area contributed by atoms with Crippen LogP contribution in [0.5, 0.6) is 0 Å². The van der Waals surface area contributed by atoms with Crippen LogP contribution in [0.4, 0.5) is 11.5 Å². The van der Waals surface area contributed by atoms with Crippen LogP contribution in [0.15, 0.2) is 46.0 Å². The fraction of sp³-hybridized carbons (Fsp3) is 0.118. The van der Waals surface area contributed by atoms with Crippen LogP contribution in [0.2, 0.25) is 0 Å². The van der Waals surface area contributed by atoms with Crippen LogP contribution >= 0.6 is 11.3 Å². The smallest absolute Gasteiger partial charge is 0.271 e. The monoisotopic (exact) mass is 416 g/mol. The number of aromatic nitrogens is 4. The van der Waals surface area contributed by atoms with Crippen LogP contribution in [0.25, 0.3) is 11.0 Å². The lowest BCUT2D eigenvalue weighted by Crippen LogP contribution is -2.14. The number of carbonyl (C=O) groups excluding carboxylic acids is 1. The molecular formula is C17H16N6O3S2. The summed E-state index contributed by atoms with van der Waals surface area (Å²) < 4.78 is 28.9. The number of aryl methyl sites for hydroxylation is 2. The third-order valence-electron chi connectivity index (χ3n) is 4.11. The minimum atomic E-state index is -3.63. The lowest BCUT2D eigenvalue weighted by atomic mass is 10.2. The van der Waals surface area contributed by atoms with E-state index in [0.717, 1.165) is 22.4 Å². The number of thiophene rings is 1. The minimum Gasteiger partial charge on any atom is -0.306 e. The summed E-state index contributed by atoms with van der Waals surface area (Å²) in [5.41, 5.74) is 2.14. The Kier molecular flexibility index (Phi) is 4.40. The van der Waals surface area contributed by atoms with Crippen molar-refractivity contribution in [2.45, 2.75) is 11.1 Å². The number of sulfonamides is 1. The number of amides is 1. The highest BCUT2D eigenvalue weighted by atomic mass is 32.2. The maximum atomic E-state index is 12.5. The Balaban J connectivity index is 1.51. The first-order valence-electron chi connectivity index (χ1n) is 8.20. The van der Waals surface area contributed by atoms with E-state index >= 15 is 0 Å². The molecule has 4 rings (SSSR count). The molecule has 9 nitrogen and oxygen atoms in total. The second-order valence-electron chi connectivity index (χ2n) is 6.08. The molecule has 3 aromatic heterocycles. The molecule has 1 amide bonds. The summed E-state index contributed by atoms with van der Waals surface area (Å²) in [6.07, 6.45) is 0. The zero-order valence-electron chi connectivity index (χ0n) is 14.9. The van der Waals surface area contributed by atoms with E-state index in [1.54, 1.807) is 35.3 Å². The molecule has 0 aliphatic heterocycles. The molecule has 1 aromatic carbocycles. The molecule has 28 heavy (non-hydrogen) atoms. The van der Waals surface area contributed by atoms with Gasteiger partial charge in [-0.25, -0.2) is 13.1 Å². The average molecular weight is 416 g/mol. The standard InChI is InChI=1S/C17H16N6O3S2/c1-10-14-15(19-20-16(14)23(2)21-10)18-17(24)11-5-7-12(8-6-11)22-28(25,26)13-4-3-9-27-13/h3-9,22H,1-2H3,(H2,18,19,20,24). The molecule has 144 valence electrons. The normalized spacial score (nSPS) is 11.6. The number of hydrogen-bond acceptors (Lipinski definition) is 6. The molecule has 0 unspecified atom stereocenters. The molecule has 0 radical (unpaired) electrons. The first kappa shape index (κ1) is 18.2. The van der Waals surface area contributed by atoms with E-state index < -0.39 is 10.0 Å². The van der Waals surface area contributed by atoms with Gasteiger partial charge in [0.1, 0.15) is 10.0 Å². The van der Waals surface area contributed by atoms with Gasteiger partial charge in [-0.15, -0.1) is 11.3 Å². The van der Waals surface area contributed by atoms with Crippen molar-refractivity contribution in [3.8, 4) is 0 Å². The van der Waals surface area contributed by atoms with Crippen LogP contribution in [-0.2, 0) is 17.1 Å². The summed E-state index contributed by atoms with van der Waals surface area (Å²) in [6, 6.07) is 9.37. The number of aromatic amines is 1. The molecule has 0 aliphatic carbocycles. The van der Waals surface area contributed by atoms with Crippen molar-refractivity contribution in [1.82, 2.24) is 20.0 Å². The Bertz CT molecular complexity index is 1250. The maximum absolute atomic E-state index is 12.5. The molecule has 0 saturated carbocycles. The Hall–Kier alpha value is -3.18. The molecule has 4 aromatic rings. The molecule has 0 bridgehead atoms. The number of carbonyl (C=O) groups is 1. The van der Waals surface area contributed by atoms with Crippen LogP contribution in [0.1, 0.15) is 16.1 Å². The third-order valence-corrected chi connectivity index (χ3v) is 6.89. The van der Waals surface area contributed by atoms with E-state index in [4.69, 9.17) is 0 Å². The zero-order chi connectivity index (χ0) is 19.9. The van der Waals surface area contributed by atoms with E-state index in [9.17, 15) is 13.2 Å². The van der Waals surface area contributed by atoms with Gasteiger partial charge in [-0.1, -0.05) is 6.07 Å². The Morgan fingerprint density at radius 3 is 2.64 bits per heavy atom. The molecule has 3 N–H and O–H groups in total. The molecule has 0 spiro atoms. The van der Waals surface area contributed by atoms with E-state index in [0.29, 0.717) is 22.7 Å². The van der Waals surface area contributed by atoms with E-state index in [2.05, 4.69) is 25.3 Å². The fourth-order valence-electron chi connectivity index (χ4n) is 2.82. The number of anilines is 2.